The van der Waals surface area contributed by atoms with Crippen molar-refractivity contribution < 1.29 is 0 Å². The molecule has 0 spiro atoms. The van der Waals surface area contributed by atoms with Gasteiger partial charge >= 0.3 is 0 Å². The monoisotopic (exact) mass is 83.1 g/mol. The number of rotatable bonds is 1. The normalized spacial score (nSPS) is 11.2. The first-order valence-corrected chi connectivity index (χ1v) is 1.82. The fraction of sp³-hybridized carbons (Fsp3) is 0.200. The summed E-state index contributed by atoms with van der Waals surface area (Å²) in [5.74, 6) is 0. The second kappa shape index (κ2) is 2.51. The first-order valence-electron chi connectivity index (χ1n) is 1.82. The average Bonchev–Trinajstić information content (AvgIpc) is 1.35. The van der Waals surface area contributed by atoms with E-state index in [4.69, 9.17) is 5.73 Å². The van der Waals surface area contributed by atoms with E-state index in [-0.39, 0.29) is 0 Å². The second-order valence-electron chi connectivity index (χ2n) is 1.15. The van der Waals surface area contributed by atoms with Crippen LogP contribution in [0, 0.1) is 0 Å². The van der Waals surface area contributed by atoms with E-state index in [0.717, 1.165) is 5.70 Å². The molecule has 0 aliphatic carbocycles. The van der Waals surface area contributed by atoms with E-state index in [1.165, 1.54) is 0 Å². The highest BCUT2D eigenvalue weighted by Gasteiger charge is 1.63. The summed E-state index contributed by atoms with van der Waals surface area (Å²) in [4.78, 5) is 0. The molecule has 0 atom stereocenters. The SMILES string of the molecule is C=CC=C(C)N. The summed E-state index contributed by atoms with van der Waals surface area (Å²) >= 11 is 0. The van der Waals surface area contributed by atoms with Crippen molar-refractivity contribution in [3.63, 3.8) is 0 Å². The van der Waals surface area contributed by atoms with E-state index >= 15 is 0 Å². The van der Waals surface area contributed by atoms with E-state index in [0.29, 0.717) is 0 Å². The number of nitrogens with two attached hydrogens (primary N) is 1. The van der Waals surface area contributed by atoms with Crippen molar-refractivity contribution >= 4 is 0 Å². The molecule has 0 heterocycles. The fourth-order valence-corrected chi connectivity index (χ4v) is 0.186. The van der Waals surface area contributed by atoms with E-state index in [1.54, 1.807) is 12.2 Å². The Labute approximate surface area is 38.2 Å². The first kappa shape index (κ1) is 5.28. The van der Waals surface area contributed by atoms with Gasteiger partial charge in [-0.2, -0.15) is 0 Å². The van der Waals surface area contributed by atoms with Crippen LogP contribution in [0.4, 0.5) is 0 Å². The topological polar surface area (TPSA) is 26.0 Å². The fourth-order valence-electron chi connectivity index (χ4n) is 0.186. The van der Waals surface area contributed by atoms with Gasteiger partial charge in [0.25, 0.3) is 0 Å². The minimum absolute atomic E-state index is 0.796. The van der Waals surface area contributed by atoms with Gasteiger partial charge in [-0.1, -0.05) is 12.7 Å². The molecule has 0 unspecified atom stereocenters. The number of hydrogen-bond acceptors (Lipinski definition) is 1. The van der Waals surface area contributed by atoms with Crippen molar-refractivity contribution in [2.24, 2.45) is 5.73 Å². The van der Waals surface area contributed by atoms with Gasteiger partial charge < -0.3 is 5.73 Å². The van der Waals surface area contributed by atoms with Crippen molar-refractivity contribution in [1.29, 1.82) is 0 Å². The zero-order valence-electron chi connectivity index (χ0n) is 3.94. The minimum Gasteiger partial charge on any atom is -0.402 e. The lowest BCUT2D eigenvalue weighted by molar-refractivity contribution is 1.32. The van der Waals surface area contributed by atoms with Gasteiger partial charge in [-0.05, 0) is 13.0 Å². The molecule has 0 amide bonds. The molecule has 6 heavy (non-hydrogen) atoms. The molecule has 34 valence electrons. The molecule has 0 radical (unpaired) electrons. The Morgan fingerprint density at radius 2 is 2.33 bits per heavy atom. The third-order valence-corrected chi connectivity index (χ3v) is 0.381. The van der Waals surface area contributed by atoms with Crippen molar-refractivity contribution in [2.45, 2.75) is 6.92 Å². The predicted molar refractivity (Wildman–Crippen MR) is 28.1 cm³/mol. The zero-order valence-corrected chi connectivity index (χ0v) is 3.94. The van der Waals surface area contributed by atoms with Crippen molar-refractivity contribution in [3.8, 4) is 0 Å². The van der Waals surface area contributed by atoms with Crippen LogP contribution in [-0.2, 0) is 0 Å². The molecule has 0 aromatic heterocycles. The summed E-state index contributed by atoms with van der Waals surface area (Å²) in [6.07, 6.45) is 3.41. The van der Waals surface area contributed by atoms with E-state index in [2.05, 4.69) is 6.58 Å². The molecule has 0 saturated heterocycles. The Balaban J connectivity index is 3.41. The van der Waals surface area contributed by atoms with E-state index < -0.39 is 0 Å². The van der Waals surface area contributed by atoms with Crippen LogP contribution < -0.4 is 5.73 Å². The maximum atomic E-state index is 5.19. The second-order valence-corrected chi connectivity index (χ2v) is 1.15. The third kappa shape index (κ3) is 3.28. The van der Waals surface area contributed by atoms with Gasteiger partial charge in [0, 0.05) is 5.70 Å². The smallest absolute Gasteiger partial charge is 0.00486 e. The lowest BCUT2D eigenvalue weighted by atomic mass is 10.4. The first-order chi connectivity index (χ1) is 2.77. The molecule has 1 nitrogen and oxygen atoms in total. The molecule has 0 aromatic carbocycles. The van der Waals surface area contributed by atoms with Crippen molar-refractivity contribution in [1.82, 2.24) is 0 Å². The van der Waals surface area contributed by atoms with Crippen molar-refractivity contribution in [3.05, 3.63) is 24.4 Å². The van der Waals surface area contributed by atoms with Gasteiger partial charge in [0.2, 0.25) is 0 Å². The van der Waals surface area contributed by atoms with Gasteiger partial charge in [0.1, 0.15) is 0 Å². The number of hydrogen-bond donors (Lipinski definition) is 1. The van der Waals surface area contributed by atoms with Crippen LogP contribution >= 0.6 is 0 Å². The van der Waals surface area contributed by atoms with Crippen LogP contribution in [0.1, 0.15) is 6.92 Å². The highest BCUT2D eigenvalue weighted by Crippen LogP contribution is 1.75. The Bertz CT molecular complexity index is 68.0. The maximum Gasteiger partial charge on any atom is 0.00486 e. The molecule has 0 aliphatic heterocycles. The molecule has 0 fully saturated rings. The lowest BCUT2D eigenvalue weighted by Crippen LogP contribution is -1.87. The van der Waals surface area contributed by atoms with Crippen LogP contribution in [0.5, 0.6) is 0 Å². The molecule has 0 aliphatic rings. The van der Waals surface area contributed by atoms with Crippen LogP contribution in [0.15, 0.2) is 24.4 Å². The average molecular weight is 83.1 g/mol. The number of allylic oxidation sites excluding steroid dienone is 3. The summed E-state index contributed by atoms with van der Waals surface area (Å²) in [5.41, 5.74) is 5.99. The van der Waals surface area contributed by atoms with Gasteiger partial charge in [-0.3, -0.25) is 0 Å². The molecule has 0 aromatic rings. The Morgan fingerprint density at radius 3 is 2.33 bits per heavy atom. The summed E-state index contributed by atoms with van der Waals surface area (Å²) in [7, 11) is 0. The zero-order chi connectivity index (χ0) is 4.99. The van der Waals surface area contributed by atoms with Crippen LogP contribution in [0.2, 0.25) is 0 Å². The van der Waals surface area contributed by atoms with Crippen LogP contribution in [0.25, 0.3) is 0 Å². The van der Waals surface area contributed by atoms with E-state index in [1.807, 2.05) is 6.92 Å². The lowest BCUT2D eigenvalue weighted by Gasteiger charge is -1.78. The summed E-state index contributed by atoms with van der Waals surface area (Å²) < 4.78 is 0. The Hall–Kier alpha value is -0.720. The van der Waals surface area contributed by atoms with Gasteiger partial charge in [0.05, 0.1) is 0 Å². The summed E-state index contributed by atoms with van der Waals surface area (Å²) in [5, 5.41) is 0. The molecular weight excluding hydrogens is 74.1 g/mol. The molecule has 2 N–H and O–H groups in total. The Kier molecular flexibility index (Phi) is 2.21. The van der Waals surface area contributed by atoms with Gasteiger partial charge in [-0.15, -0.1) is 0 Å². The summed E-state index contributed by atoms with van der Waals surface area (Å²) in [6.45, 7) is 5.27. The quantitative estimate of drug-likeness (QED) is 0.471. The van der Waals surface area contributed by atoms with Crippen LogP contribution in [0.3, 0.4) is 0 Å². The molecular formula is C5H9N. The highest BCUT2D eigenvalue weighted by molar-refractivity contribution is 5.03. The molecule has 0 rings (SSSR count). The van der Waals surface area contributed by atoms with Crippen molar-refractivity contribution in [2.75, 3.05) is 0 Å². The Morgan fingerprint density at radius 1 is 1.83 bits per heavy atom. The predicted octanol–water partition coefficient (Wildman–Crippen LogP) is 1.03. The molecule has 1 heteroatoms. The van der Waals surface area contributed by atoms with E-state index in [9.17, 15) is 0 Å². The molecule has 0 bridgehead atoms. The standard InChI is InChI=1S/C5H9N/c1-3-4-5(2)6/h3-4H,1,6H2,2H3. The molecule has 0 saturated carbocycles. The highest BCUT2D eigenvalue weighted by atomic mass is 14.5. The van der Waals surface area contributed by atoms with Crippen LogP contribution in [-0.4, -0.2) is 0 Å². The minimum atomic E-state index is 0.796. The van der Waals surface area contributed by atoms with Gasteiger partial charge in [-0.25, -0.2) is 0 Å². The third-order valence-electron chi connectivity index (χ3n) is 0.381. The summed E-state index contributed by atoms with van der Waals surface area (Å²) in [6, 6.07) is 0. The maximum absolute atomic E-state index is 5.19. The largest absolute Gasteiger partial charge is 0.402 e. The van der Waals surface area contributed by atoms with Gasteiger partial charge in [0.15, 0.2) is 0 Å².